The molecular formula is C11H17F3O. The SMILES string of the molecule is C=C(C)C(O)C1CCC(C(F)(F)F)CC1. The van der Waals surface area contributed by atoms with Gasteiger partial charge in [-0.25, -0.2) is 0 Å². The molecule has 0 heterocycles. The Morgan fingerprint density at radius 3 is 2.07 bits per heavy atom. The molecule has 0 saturated heterocycles. The third-order valence-corrected chi connectivity index (χ3v) is 3.19. The van der Waals surface area contributed by atoms with E-state index in [1.165, 1.54) is 0 Å². The maximum absolute atomic E-state index is 12.3. The molecule has 1 saturated carbocycles. The van der Waals surface area contributed by atoms with Crippen LogP contribution in [0.2, 0.25) is 0 Å². The van der Waals surface area contributed by atoms with Crippen LogP contribution in [0.15, 0.2) is 12.2 Å². The van der Waals surface area contributed by atoms with Crippen LogP contribution in [0.3, 0.4) is 0 Å². The highest BCUT2D eigenvalue weighted by atomic mass is 19.4. The van der Waals surface area contributed by atoms with E-state index in [-0.39, 0.29) is 18.8 Å². The minimum Gasteiger partial charge on any atom is -0.388 e. The molecule has 15 heavy (non-hydrogen) atoms. The molecular weight excluding hydrogens is 205 g/mol. The highest BCUT2D eigenvalue weighted by Gasteiger charge is 2.42. The first-order chi connectivity index (χ1) is 6.82. The lowest BCUT2D eigenvalue weighted by Crippen LogP contribution is -2.32. The third kappa shape index (κ3) is 3.23. The van der Waals surface area contributed by atoms with Crippen molar-refractivity contribution in [1.29, 1.82) is 0 Å². The zero-order valence-corrected chi connectivity index (χ0v) is 8.85. The van der Waals surface area contributed by atoms with Gasteiger partial charge in [-0.15, -0.1) is 0 Å². The number of aliphatic hydroxyl groups is 1. The van der Waals surface area contributed by atoms with Crippen molar-refractivity contribution in [2.75, 3.05) is 0 Å². The van der Waals surface area contributed by atoms with Crippen molar-refractivity contribution in [3.8, 4) is 0 Å². The Bertz CT molecular complexity index is 226. The molecule has 0 bridgehead atoms. The first kappa shape index (κ1) is 12.6. The normalized spacial score (nSPS) is 29.9. The first-order valence-corrected chi connectivity index (χ1v) is 5.22. The minimum atomic E-state index is -4.07. The molecule has 0 spiro atoms. The number of aliphatic hydroxyl groups excluding tert-OH is 1. The lowest BCUT2D eigenvalue weighted by Gasteiger charge is -2.32. The molecule has 1 N–H and O–H groups in total. The Labute approximate surface area is 88.0 Å². The molecule has 1 rings (SSSR count). The standard InChI is InChI=1S/C11H17F3O/c1-7(2)10(15)8-3-5-9(6-4-8)11(12,13)14/h8-10,15H,1,3-6H2,2H3. The van der Waals surface area contributed by atoms with Gasteiger partial charge in [0.2, 0.25) is 0 Å². The Hall–Kier alpha value is -0.510. The predicted octanol–water partition coefficient (Wildman–Crippen LogP) is 3.29. The van der Waals surface area contributed by atoms with Crippen LogP contribution in [0.4, 0.5) is 13.2 Å². The second-order valence-electron chi connectivity index (χ2n) is 4.44. The maximum Gasteiger partial charge on any atom is 0.391 e. The van der Waals surface area contributed by atoms with E-state index in [9.17, 15) is 18.3 Å². The van der Waals surface area contributed by atoms with E-state index >= 15 is 0 Å². The maximum atomic E-state index is 12.3. The van der Waals surface area contributed by atoms with Crippen LogP contribution in [0.25, 0.3) is 0 Å². The van der Waals surface area contributed by atoms with Crippen LogP contribution >= 0.6 is 0 Å². The number of hydrogen-bond donors (Lipinski definition) is 1. The molecule has 1 unspecified atom stereocenters. The van der Waals surface area contributed by atoms with Crippen molar-refractivity contribution in [2.45, 2.75) is 44.9 Å². The van der Waals surface area contributed by atoms with E-state index < -0.39 is 18.2 Å². The van der Waals surface area contributed by atoms with Gasteiger partial charge in [0.1, 0.15) is 0 Å². The molecule has 0 aromatic rings. The molecule has 1 nitrogen and oxygen atoms in total. The average Bonchev–Trinajstić information content (AvgIpc) is 2.15. The zero-order valence-electron chi connectivity index (χ0n) is 8.85. The summed E-state index contributed by atoms with van der Waals surface area (Å²) in [6, 6.07) is 0. The highest BCUT2D eigenvalue weighted by Crippen LogP contribution is 2.40. The Morgan fingerprint density at radius 2 is 1.73 bits per heavy atom. The first-order valence-electron chi connectivity index (χ1n) is 5.22. The number of hydrogen-bond acceptors (Lipinski definition) is 1. The zero-order chi connectivity index (χ0) is 11.6. The smallest absolute Gasteiger partial charge is 0.388 e. The fourth-order valence-corrected chi connectivity index (χ4v) is 2.16. The molecule has 0 aromatic carbocycles. The molecule has 0 aliphatic heterocycles. The third-order valence-electron chi connectivity index (χ3n) is 3.19. The number of alkyl halides is 3. The monoisotopic (exact) mass is 222 g/mol. The molecule has 1 aliphatic rings. The highest BCUT2D eigenvalue weighted by molar-refractivity contribution is 5.00. The quantitative estimate of drug-likeness (QED) is 0.711. The summed E-state index contributed by atoms with van der Waals surface area (Å²) in [5.74, 6) is -1.22. The van der Waals surface area contributed by atoms with Gasteiger partial charge in [0, 0.05) is 0 Å². The van der Waals surface area contributed by atoms with E-state index in [1.807, 2.05) is 0 Å². The molecule has 1 atom stereocenters. The molecule has 1 fully saturated rings. The number of rotatable bonds is 2. The second-order valence-corrected chi connectivity index (χ2v) is 4.44. The summed E-state index contributed by atoms with van der Waals surface area (Å²) in [6.07, 6.45) is -3.55. The fourth-order valence-electron chi connectivity index (χ4n) is 2.16. The van der Waals surface area contributed by atoms with Gasteiger partial charge in [-0.3, -0.25) is 0 Å². The molecule has 0 aromatic heterocycles. The van der Waals surface area contributed by atoms with Gasteiger partial charge in [-0.05, 0) is 38.5 Å². The van der Waals surface area contributed by atoms with Crippen molar-refractivity contribution >= 4 is 0 Å². The minimum absolute atomic E-state index is 0.0406. The molecule has 4 heteroatoms. The molecule has 0 radical (unpaired) electrons. The van der Waals surface area contributed by atoms with Gasteiger partial charge in [0.25, 0.3) is 0 Å². The topological polar surface area (TPSA) is 20.2 Å². The van der Waals surface area contributed by atoms with Crippen molar-refractivity contribution in [3.63, 3.8) is 0 Å². The summed E-state index contributed by atoms with van der Waals surface area (Å²) in [5, 5.41) is 9.66. The Kier molecular flexibility index (Phi) is 3.82. The summed E-state index contributed by atoms with van der Waals surface area (Å²) in [6.45, 7) is 5.33. The van der Waals surface area contributed by atoms with E-state index in [0.717, 1.165) is 0 Å². The van der Waals surface area contributed by atoms with Gasteiger partial charge in [0.15, 0.2) is 0 Å². The fraction of sp³-hybridized carbons (Fsp3) is 0.818. The van der Waals surface area contributed by atoms with Gasteiger partial charge >= 0.3 is 6.18 Å². The predicted molar refractivity (Wildman–Crippen MR) is 52.3 cm³/mol. The van der Waals surface area contributed by atoms with Crippen LogP contribution < -0.4 is 0 Å². The lowest BCUT2D eigenvalue weighted by molar-refractivity contribution is -0.185. The average molecular weight is 222 g/mol. The summed E-state index contributed by atoms with van der Waals surface area (Å²) in [4.78, 5) is 0. The van der Waals surface area contributed by atoms with Gasteiger partial charge in [-0.2, -0.15) is 13.2 Å². The van der Waals surface area contributed by atoms with Crippen LogP contribution in [0.1, 0.15) is 32.6 Å². The summed E-state index contributed by atoms with van der Waals surface area (Å²) >= 11 is 0. The largest absolute Gasteiger partial charge is 0.391 e. The van der Waals surface area contributed by atoms with Gasteiger partial charge in [0.05, 0.1) is 12.0 Å². The molecule has 1 aliphatic carbocycles. The van der Waals surface area contributed by atoms with Gasteiger partial charge in [-0.1, -0.05) is 12.2 Å². The summed E-state index contributed by atoms with van der Waals surface area (Å²) < 4.78 is 37.0. The second kappa shape index (κ2) is 4.56. The summed E-state index contributed by atoms with van der Waals surface area (Å²) in [7, 11) is 0. The Morgan fingerprint density at radius 1 is 1.27 bits per heavy atom. The van der Waals surface area contributed by atoms with E-state index in [1.54, 1.807) is 6.92 Å². The van der Waals surface area contributed by atoms with Crippen molar-refractivity contribution in [1.82, 2.24) is 0 Å². The van der Waals surface area contributed by atoms with Crippen molar-refractivity contribution in [3.05, 3.63) is 12.2 Å². The van der Waals surface area contributed by atoms with E-state index in [4.69, 9.17) is 0 Å². The van der Waals surface area contributed by atoms with E-state index in [0.29, 0.717) is 18.4 Å². The molecule has 0 amide bonds. The molecule has 88 valence electrons. The van der Waals surface area contributed by atoms with Crippen molar-refractivity contribution < 1.29 is 18.3 Å². The lowest BCUT2D eigenvalue weighted by atomic mass is 9.78. The van der Waals surface area contributed by atoms with Gasteiger partial charge < -0.3 is 5.11 Å². The summed E-state index contributed by atoms with van der Waals surface area (Å²) in [5.41, 5.74) is 0.644. The van der Waals surface area contributed by atoms with Crippen molar-refractivity contribution in [2.24, 2.45) is 11.8 Å². The number of halogens is 3. The van der Waals surface area contributed by atoms with Crippen LogP contribution in [-0.4, -0.2) is 17.4 Å². The Balaban J connectivity index is 2.46. The van der Waals surface area contributed by atoms with E-state index in [2.05, 4.69) is 6.58 Å². The van der Waals surface area contributed by atoms with Crippen LogP contribution in [0.5, 0.6) is 0 Å². The van der Waals surface area contributed by atoms with Crippen LogP contribution in [-0.2, 0) is 0 Å². The van der Waals surface area contributed by atoms with Crippen LogP contribution in [0, 0.1) is 11.8 Å².